The Labute approximate surface area is 599 Å². The van der Waals surface area contributed by atoms with Crippen LogP contribution in [0.25, 0.3) is 0 Å². The molecule has 0 amide bonds. The summed E-state index contributed by atoms with van der Waals surface area (Å²) in [6.45, 7) is 11.8. The Morgan fingerprint density at radius 1 is 0.316 bits per heavy atom. The van der Waals surface area contributed by atoms with E-state index in [1.807, 2.05) is 0 Å². The molecule has 0 saturated carbocycles. The Morgan fingerprint density at radius 2 is 0.551 bits per heavy atom. The predicted molar refractivity (Wildman–Crippen MR) is 400 cm³/mol. The lowest BCUT2D eigenvalue weighted by Crippen LogP contribution is -2.30. The fourth-order valence-electron chi connectivity index (χ4n) is 11.6. The zero-order valence-electron chi connectivity index (χ0n) is 63.7. The molecule has 0 aliphatic heterocycles. The van der Waals surface area contributed by atoms with Crippen LogP contribution < -0.4 is 0 Å². The number of hydrogen-bond acceptors (Lipinski definition) is 15. The Morgan fingerprint density at radius 3 is 0.827 bits per heavy atom. The van der Waals surface area contributed by atoms with Gasteiger partial charge >= 0.3 is 39.5 Å². The van der Waals surface area contributed by atoms with E-state index in [0.29, 0.717) is 31.6 Å². The van der Waals surface area contributed by atoms with Gasteiger partial charge in [0.2, 0.25) is 0 Å². The molecule has 0 aromatic heterocycles. The van der Waals surface area contributed by atoms with Crippen LogP contribution in [0.5, 0.6) is 0 Å². The second-order valence-electron chi connectivity index (χ2n) is 29.2. The highest BCUT2D eigenvalue weighted by Gasteiger charge is 2.30. The van der Waals surface area contributed by atoms with Crippen LogP contribution in [0.15, 0.2) is 24.3 Å². The van der Waals surface area contributed by atoms with Crippen molar-refractivity contribution in [1.82, 2.24) is 0 Å². The molecule has 3 unspecified atom stereocenters. The summed E-state index contributed by atoms with van der Waals surface area (Å²) in [5.74, 6) is 0.137. The summed E-state index contributed by atoms with van der Waals surface area (Å²) in [4.78, 5) is 72.9. The number of allylic oxidation sites excluding steroid dienone is 4. The number of phosphoric ester groups is 2. The Hall–Kier alpha value is -2.46. The molecule has 98 heavy (non-hydrogen) atoms. The minimum Gasteiger partial charge on any atom is -0.462 e. The molecular formula is C79H150O17P2. The highest BCUT2D eigenvalue weighted by Crippen LogP contribution is 2.45. The molecule has 0 heterocycles. The number of hydrogen-bond donors (Lipinski definition) is 3. The van der Waals surface area contributed by atoms with E-state index in [4.69, 9.17) is 37.0 Å². The van der Waals surface area contributed by atoms with Gasteiger partial charge in [0.05, 0.1) is 26.4 Å². The average Bonchev–Trinajstić information content (AvgIpc) is 0.987. The highest BCUT2D eigenvalue weighted by molar-refractivity contribution is 7.47. The number of unbranched alkanes of at least 4 members (excludes halogenated alkanes) is 40. The monoisotopic (exact) mass is 1430 g/mol. The van der Waals surface area contributed by atoms with Gasteiger partial charge in [0.1, 0.15) is 19.3 Å². The summed E-state index contributed by atoms with van der Waals surface area (Å²) in [6.07, 6.45) is 59.1. The molecule has 0 aromatic carbocycles. The van der Waals surface area contributed by atoms with Crippen LogP contribution in [-0.2, 0) is 65.4 Å². The molecule has 5 atom stereocenters. The summed E-state index contributed by atoms with van der Waals surface area (Å²) in [7, 11) is -9.93. The van der Waals surface area contributed by atoms with Crippen molar-refractivity contribution in [3.8, 4) is 0 Å². The number of carbonyl (C=O) groups is 4. The molecule has 0 saturated heterocycles. The Kier molecular flexibility index (Phi) is 67.2. The second-order valence-corrected chi connectivity index (χ2v) is 32.1. The fraction of sp³-hybridized carbons (Fsp3) is 0.899. The summed E-state index contributed by atoms with van der Waals surface area (Å²) in [6, 6.07) is 0. The van der Waals surface area contributed by atoms with Gasteiger partial charge in [0.25, 0.3) is 0 Å². The van der Waals surface area contributed by atoms with Crippen molar-refractivity contribution < 1.29 is 80.2 Å². The van der Waals surface area contributed by atoms with E-state index in [2.05, 4.69) is 72.8 Å². The summed E-state index contributed by atoms with van der Waals surface area (Å²) >= 11 is 0. The largest absolute Gasteiger partial charge is 0.472 e. The van der Waals surface area contributed by atoms with E-state index in [0.717, 1.165) is 121 Å². The van der Waals surface area contributed by atoms with Gasteiger partial charge in [-0.2, -0.15) is 0 Å². The van der Waals surface area contributed by atoms with Crippen LogP contribution in [0.3, 0.4) is 0 Å². The second kappa shape index (κ2) is 68.9. The highest BCUT2D eigenvalue weighted by atomic mass is 31.2. The van der Waals surface area contributed by atoms with E-state index in [-0.39, 0.29) is 25.7 Å². The molecule has 0 aliphatic rings. The topological polar surface area (TPSA) is 237 Å². The van der Waals surface area contributed by atoms with Gasteiger partial charge in [0, 0.05) is 25.7 Å². The van der Waals surface area contributed by atoms with Crippen molar-refractivity contribution in [2.24, 2.45) is 17.8 Å². The average molecular weight is 1430 g/mol. The molecule has 17 nitrogen and oxygen atoms in total. The maximum atomic E-state index is 13.1. The lowest BCUT2D eigenvalue weighted by Gasteiger charge is -2.21. The van der Waals surface area contributed by atoms with Crippen LogP contribution in [0.4, 0.5) is 0 Å². The first-order valence-electron chi connectivity index (χ1n) is 40.2. The zero-order valence-corrected chi connectivity index (χ0v) is 65.5. The van der Waals surface area contributed by atoms with Gasteiger partial charge < -0.3 is 33.8 Å². The van der Waals surface area contributed by atoms with Crippen molar-refractivity contribution in [2.75, 3.05) is 39.6 Å². The lowest BCUT2D eigenvalue weighted by molar-refractivity contribution is -0.161. The molecule has 0 aliphatic carbocycles. The predicted octanol–water partition coefficient (Wildman–Crippen LogP) is 22.9. The third kappa shape index (κ3) is 71.9. The van der Waals surface area contributed by atoms with Crippen LogP contribution in [0.2, 0.25) is 0 Å². The van der Waals surface area contributed by atoms with E-state index in [1.165, 1.54) is 173 Å². The van der Waals surface area contributed by atoms with Gasteiger partial charge in [-0.1, -0.05) is 330 Å². The smallest absolute Gasteiger partial charge is 0.462 e. The molecule has 0 aromatic rings. The van der Waals surface area contributed by atoms with Gasteiger partial charge in [0.15, 0.2) is 12.2 Å². The number of esters is 4. The van der Waals surface area contributed by atoms with E-state index < -0.39 is 97.5 Å². The molecule has 0 spiro atoms. The maximum Gasteiger partial charge on any atom is 0.472 e. The first-order valence-corrected chi connectivity index (χ1v) is 43.2. The minimum absolute atomic E-state index is 0.0841. The number of ether oxygens (including phenoxy) is 4. The summed E-state index contributed by atoms with van der Waals surface area (Å²) < 4.78 is 68.6. The number of aliphatic hydroxyl groups excluding tert-OH is 1. The van der Waals surface area contributed by atoms with Crippen molar-refractivity contribution in [1.29, 1.82) is 0 Å². The SMILES string of the molecule is CCCCCC/C=C\C=C/CCCCCCCC(=O)O[C@H](COC(=O)CCCCCCCCCC(C)C)COP(=O)(O)OCC(O)COP(=O)(O)OC[C@@H](COC(=O)CCCCCCCCCCCCCCCCCC(C)C)OC(=O)CCCCCCCCCCCCCCC(C)C. The van der Waals surface area contributed by atoms with Gasteiger partial charge in [-0.15, -0.1) is 0 Å². The molecule has 0 radical (unpaired) electrons. The van der Waals surface area contributed by atoms with E-state index >= 15 is 0 Å². The normalized spacial score (nSPS) is 14.2. The maximum absolute atomic E-state index is 13.1. The molecule has 0 fully saturated rings. The van der Waals surface area contributed by atoms with E-state index in [9.17, 15) is 43.2 Å². The molecule has 3 N–H and O–H groups in total. The first kappa shape index (κ1) is 95.5. The fourth-order valence-corrected chi connectivity index (χ4v) is 13.2. The first-order chi connectivity index (χ1) is 47.2. The van der Waals surface area contributed by atoms with Gasteiger partial charge in [-0.3, -0.25) is 37.3 Å². The number of carbonyl (C=O) groups excluding carboxylic acids is 4. The number of aliphatic hydroxyl groups is 1. The van der Waals surface area contributed by atoms with Crippen molar-refractivity contribution >= 4 is 39.5 Å². The molecule has 578 valence electrons. The van der Waals surface area contributed by atoms with Crippen molar-refractivity contribution in [2.45, 2.75) is 401 Å². The number of phosphoric acid groups is 2. The van der Waals surface area contributed by atoms with E-state index in [1.54, 1.807) is 0 Å². The molecule has 19 heteroatoms. The number of rotatable bonds is 75. The van der Waals surface area contributed by atoms with Gasteiger partial charge in [-0.05, 0) is 69.1 Å². The summed E-state index contributed by atoms with van der Waals surface area (Å²) in [5.41, 5.74) is 0. The zero-order chi connectivity index (χ0) is 72.3. The molecule has 0 rings (SSSR count). The summed E-state index contributed by atoms with van der Waals surface area (Å²) in [5, 5.41) is 10.6. The van der Waals surface area contributed by atoms with Gasteiger partial charge in [-0.25, -0.2) is 9.13 Å². The Bertz CT molecular complexity index is 2000. The van der Waals surface area contributed by atoms with Crippen LogP contribution in [0, 0.1) is 17.8 Å². The van der Waals surface area contributed by atoms with Crippen LogP contribution in [-0.4, -0.2) is 96.7 Å². The lowest BCUT2D eigenvalue weighted by atomic mass is 10.0. The minimum atomic E-state index is -4.97. The molecular weight excluding hydrogens is 1280 g/mol. The van der Waals surface area contributed by atoms with Crippen molar-refractivity contribution in [3.05, 3.63) is 24.3 Å². The van der Waals surface area contributed by atoms with Crippen LogP contribution >= 0.6 is 15.6 Å². The van der Waals surface area contributed by atoms with Crippen LogP contribution in [0.1, 0.15) is 382 Å². The Balaban J connectivity index is 5.27. The molecule has 0 bridgehead atoms. The standard InChI is InChI=1S/C79H150O17P2/c1-8-9-10-11-12-13-14-15-17-22-28-33-40-48-55-62-78(83)96-75(67-90-77(82)61-54-47-42-35-38-45-52-59-72(6)7)69-94-98(87,88)92-65-73(80)64-91-97(85,86)93-68-74(95-79(84)63-56-49-41-34-29-24-23-26-31-37-44-51-58-71(4)5)66-89-76(81)60-53-46-39-32-27-21-19-16-18-20-25-30-36-43-50-57-70(2)3/h13-15,17,70-75,80H,8-12,16,18-69H2,1-7H3,(H,85,86)(H,87,88)/b14-13-,17-15-/t73?,74-,75-/m1/s1. The third-order valence-electron chi connectivity index (χ3n) is 17.8. The quantitative estimate of drug-likeness (QED) is 0.0169. The third-order valence-corrected chi connectivity index (χ3v) is 19.7. The van der Waals surface area contributed by atoms with Crippen molar-refractivity contribution in [3.63, 3.8) is 0 Å².